The first-order valence-corrected chi connectivity index (χ1v) is 8.72. The number of aliphatic hydroxyl groups excluding tert-OH is 2. The number of aliphatic hydroxyl groups is 2. The van der Waals surface area contributed by atoms with Crippen molar-refractivity contribution in [2.75, 3.05) is 43.1 Å². The maximum Gasteiger partial charge on any atom is 0.253 e. The molecule has 8 heteroatoms. The van der Waals surface area contributed by atoms with Crippen LogP contribution in [0.5, 0.6) is 0 Å². The first-order chi connectivity index (χ1) is 12.7. The zero-order valence-corrected chi connectivity index (χ0v) is 15.7. The molecule has 0 atom stereocenters. The summed E-state index contributed by atoms with van der Waals surface area (Å²) in [4.78, 5) is 29.0. The average molecular weight is 394 g/mol. The number of rotatable bonds is 6. The van der Waals surface area contributed by atoms with E-state index in [0.717, 1.165) is 6.42 Å². The van der Waals surface area contributed by atoms with Crippen molar-refractivity contribution in [3.05, 3.63) is 47.7 Å². The van der Waals surface area contributed by atoms with Crippen LogP contribution in [0.2, 0.25) is 0 Å². The molecule has 0 unspecified atom stereocenters. The van der Waals surface area contributed by atoms with Crippen molar-refractivity contribution in [2.45, 2.75) is 12.8 Å². The van der Waals surface area contributed by atoms with Gasteiger partial charge in [-0.25, -0.2) is 0 Å². The Hall–Kier alpha value is -2.19. The van der Waals surface area contributed by atoms with E-state index in [1.54, 1.807) is 21.9 Å². The number of carbonyl (C=O) groups is 2. The summed E-state index contributed by atoms with van der Waals surface area (Å²) in [5.41, 5.74) is 2.39. The lowest BCUT2D eigenvalue weighted by molar-refractivity contribution is -0.119. The summed E-state index contributed by atoms with van der Waals surface area (Å²) in [5, 5.41) is 21.3. The molecule has 0 spiro atoms. The molecule has 3 rings (SSSR count). The van der Waals surface area contributed by atoms with Gasteiger partial charge in [0.05, 0.1) is 36.8 Å². The normalized spacial score (nSPS) is 15.7. The van der Waals surface area contributed by atoms with Crippen LogP contribution in [0.4, 0.5) is 11.4 Å². The van der Waals surface area contributed by atoms with Gasteiger partial charge in [0.15, 0.2) is 0 Å². The highest BCUT2D eigenvalue weighted by atomic mass is 35.5. The fraction of sp³-hybridized carbons (Fsp3) is 0.368. The zero-order valence-electron chi connectivity index (χ0n) is 14.9. The largest absolute Gasteiger partial charge is 0.395 e. The third kappa shape index (κ3) is 4.56. The van der Waals surface area contributed by atoms with E-state index in [4.69, 9.17) is 0 Å². The van der Waals surface area contributed by atoms with E-state index in [9.17, 15) is 19.8 Å². The van der Waals surface area contributed by atoms with Crippen LogP contribution in [0.25, 0.3) is 0 Å². The molecule has 0 radical (unpaired) electrons. The van der Waals surface area contributed by atoms with Crippen LogP contribution in [-0.4, -0.2) is 59.8 Å². The molecule has 0 bridgehead atoms. The number of nitrogens with zero attached hydrogens (tertiary/aromatic N) is 2. The lowest BCUT2D eigenvalue weighted by Crippen LogP contribution is -2.42. The van der Waals surface area contributed by atoms with Crippen molar-refractivity contribution >= 4 is 35.6 Å². The topological polar surface area (TPSA) is 93.1 Å². The number of halogens is 1. The van der Waals surface area contributed by atoms with E-state index in [2.05, 4.69) is 5.32 Å². The minimum absolute atomic E-state index is 0. The minimum Gasteiger partial charge on any atom is -0.395 e. The Morgan fingerprint density at radius 3 is 2.59 bits per heavy atom. The van der Waals surface area contributed by atoms with E-state index in [0.29, 0.717) is 42.2 Å². The smallest absolute Gasteiger partial charge is 0.253 e. The molecule has 1 aromatic carbocycles. The fourth-order valence-electron chi connectivity index (χ4n) is 3.28. The van der Waals surface area contributed by atoms with Crippen LogP contribution in [0.15, 0.2) is 47.7 Å². The summed E-state index contributed by atoms with van der Waals surface area (Å²) >= 11 is 0. The van der Waals surface area contributed by atoms with Crippen molar-refractivity contribution in [3.8, 4) is 0 Å². The quantitative estimate of drug-likeness (QED) is 0.677. The van der Waals surface area contributed by atoms with Crippen LogP contribution in [-0.2, 0) is 9.59 Å². The third-order valence-electron chi connectivity index (χ3n) is 4.49. The van der Waals surface area contributed by atoms with Gasteiger partial charge in [0, 0.05) is 18.7 Å². The summed E-state index contributed by atoms with van der Waals surface area (Å²) < 4.78 is 0. The molecule has 3 N–H and O–H groups in total. The Balaban J connectivity index is 0.00000261. The maximum atomic E-state index is 13.1. The second-order valence-electron chi connectivity index (χ2n) is 6.23. The molecule has 1 aliphatic heterocycles. The molecule has 0 saturated heterocycles. The molecule has 1 aromatic rings. The first kappa shape index (κ1) is 21.1. The number of fused-ring (bicyclic) bond motifs is 1. The molecule has 7 nitrogen and oxygen atoms in total. The highest BCUT2D eigenvalue weighted by Crippen LogP contribution is 2.36. The number of anilines is 2. The van der Waals surface area contributed by atoms with Gasteiger partial charge in [-0.3, -0.25) is 19.4 Å². The Kier molecular flexibility index (Phi) is 7.55. The van der Waals surface area contributed by atoms with Crippen LogP contribution < -0.4 is 10.2 Å². The number of amides is 2. The highest BCUT2D eigenvalue weighted by molar-refractivity contribution is 6.13. The number of nitrogens with one attached hydrogen (secondary N) is 1. The number of hydrogen-bond donors (Lipinski definition) is 3. The van der Waals surface area contributed by atoms with E-state index in [1.807, 2.05) is 24.3 Å². The van der Waals surface area contributed by atoms with Gasteiger partial charge in [0.25, 0.3) is 5.91 Å². The van der Waals surface area contributed by atoms with Crippen molar-refractivity contribution < 1.29 is 19.8 Å². The molecule has 146 valence electrons. The van der Waals surface area contributed by atoms with Crippen LogP contribution in [0.3, 0.4) is 0 Å². The number of para-hydroxylation sites is 2. The number of carbonyl (C=O) groups excluding carboxylic acids is 2. The molecule has 0 saturated carbocycles. The standard InChI is InChI=1S/C19H23N3O4.ClH/c23-11-9-21(10-12-24)13-18(25)22-16-7-3-1-5-14(16)19(26)20-15-6-2-4-8-17(15)22;/h2-4,6-8,23-24H,1,5,9-13H2,(H,20,26);1H. The van der Waals surface area contributed by atoms with Gasteiger partial charge in [0.2, 0.25) is 5.91 Å². The van der Waals surface area contributed by atoms with Crippen molar-refractivity contribution in [1.29, 1.82) is 0 Å². The van der Waals surface area contributed by atoms with Gasteiger partial charge >= 0.3 is 0 Å². The van der Waals surface area contributed by atoms with Gasteiger partial charge in [-0.15, -0.1) is 12.4 Å². The van der Waals surface area contributed by atoms with E-state index >= 15 is 0 Å². The van der Waals surface area contributed by atoms with Gasteiger partial charge in [-0.1, -0.05) is 18.2 Å². The lowest BCUT2D eigenvalue weighted by Gasteiger charge is -2.29. The Morgan fingerprint density at radius 1 is 1.19 bits per heavy atom. The predicted octanol–water partition coefficient (Wildman–Crippen LogP) is 1.28. The summed E-state index contributed by atoms with van der Waals surface area (Å²) in [5.74, 6) is -0.399. The zero-order chi connectivity index (χ0) is 18.5. The van der Waals surface area contributed by atoms with Crippen molar-refractivity contribution in [1.82, 2.24) is 4.90 Å². The number of benzene rings is 1. The molecule has 2 aliphatic rings. The second kappa shape index (κ2) is 9.66. The summed E-state index contributed by atoms with van der Waals surface area (Å²) in [7, 11) is 0. The monoisotopic (exact) mass is 393 g/mol. The lowest BCUT2D eigenvalue weighted by atomic mass is 10.0. The fourth-order valence-corrected chi connectivity index (χ4v) is 3.28. The molecule has 0 fully saturated rings. The Morgan fingerprint density at radius 2 is 1.89 bits per heavy atom. The SMILES string of the molecule is Cl.O=C1Nc2ccccc2N(C(=O)CN(CCO)CCO)C2=C1CCC=C2. The average Bonchev–Trinajstić information content (AvgIpc) is 2.76. The number of allylic oxidation sites excluding steroid dienone is 2. The molecule has 1 heterocycles. The van der Waals surface area contributed by atoms with E-state index in [1.165, 1.54) is 0 Å². The summed E-state index contributed by atoms with van der Waals surface area (Å²) in [6.07, 6.45) is 5.11. The van der Waals surface area contributed by atoms with Gasteiger partial charge in [-0.05, 0) is 31.1 Å². The summed E-state index contributed by atoms with van der Waals surface area (Å²) in [6.45, 7) is 0.422. The van der Waals surface area contributed by atoms with Crippen LogP contribution in [0.1, 0.15) is 12.8 Å². The number of hydrogen-bond acceptors (Lipinski definition) is 5. The van der Waals surface area contributed by atoms with E-state index in [-0.39, 0.29) is 44.0 Å². The predicted molar refractivity (Wildman–Crippen MR) is 106 cm³/mol. The molecular weight excluding hydrogens is 370 g/mol. The highest BCUT2D eigenvalue weighted by Gasteiger charge is 2.31. The molecule has 1 aliphatic carbocycles. The van der Waals surface area contributed by atoms with Gasteiger partial charge < -0.3 is 15.5 Å². The van der Waals surface area contributed by atoms with Crippen molar-refractivity contribution in [3.63, 3.8) is 0 Å². The molecule has 2 amide bonds. The Bertz CT molecular complexity index is 757. The van der Waals surface area contributed by atoms with Crippen LogP contribution in [0, 0.1) is 0 Å². The van der Waals surface area contributed by atoms with Gasteiger partial charge in [-0.2, -0.15) is 0 Å². The molecule has 27 heavy (non-hydrogen) atoms. The molecular formula is C19H24ClN3O4. The Labute approximate surface area is 164 Å². The van der Waals surface area contributed by atoms with Crippen molar-refractivity contribution in [2.24, 2.45) is 0 Å². The third-order valence-corrected chi connectivity index (χ3v) is 4.49. The second-order valence-corrected chi connectivity index (χ2v) is 6.23. The summed E-state index contributed by atoms with van der Waals surface area (Å²) in [6, 6.07) is 7.21. The van der Waals surface area contributed by atoms with Crippen LogP contribution >= 0.6 is 12.4 Å². The molecule has 0 aromatic heterocycles. The maximum absolute atomic E-state index is 13.1. The van der Waals surface area contributed by atoms with Gasteiger partial charge in [0.1, 0.15) is 0 Å². The first-order valence-electron chi connectivity index (χ1n) is 8.72. The van der Waals surface area contributed by atoms with E-state index < -0.39 is 0 Å². The minimum atomic E-state index is -0.213.